The van der Waals surface area contributed by atoms with Gasteiger partial charge >= 0.3 is 0 Å². The molecule has 6 nitrogen and oxygen atoms in total. The van der Waals surface area contributed by atoms with Crippen LogP contribution in [0.25, 0.3) is 17.0 Å². The Morgan fingerprint density at radius 1 is 1.07 bits per heavy atom. The van der Waals surface area contributed by atoms with Crippen LogP contribution in [0.15, 0.2) is 53.2 Å². The Bertz CT molecular complexity index is 1080. The zero-order chi connectivity index (χ0) is 18.9. The van der Waals surface area contributed by atoms with E-state index >= 15 is 0 Å². The summed E-state index contributed by atoms with van der Waals surface area (Å²) in [5, 5.41) is 21.2. The third kappa shape index (κ3) is 3.33. The first-order valence-electron chi connectivity index (χ1n) is 9.59. The number of aromatic nitrogens is 4. The van der Waals surface area contributed by atoms with Crippen LogP contribution < -0.4 is 10.2 Å². The summed E-state index contributed by atoms with van der Waals surface area (Å²) in [6.07, 6.45) is 2.18. The normalized spacial score (nSPS) is 15.2. The second-order valence-corrected chi connectivity index (χ2v) is 8.05. The minimum absolute atomic E-state index is 0.498. The van der Waals surface area contributed by atoms with Crippen LogP contribution in [0.2, 0.25) is 0 Å². The third-order valence-electron chi connectivity index (χ3n) is 5.24. The van der Waals surface area contributed by atoms with Gasteiger partial charge in [-0.2, -0.15) is 15.9 Å². The Labute approximate surface area is 167 Å². The van der Waals surface area contributed by atoms with Gasteiger partial charge in [-0.3, -0.25) is 0 Å². The SMILES string of the molecule is Cc1cccc(NC2CCN(c3ccc4nnc(-c5ccsc5)n4n3)CC2)c1. The van der Waals surface area contributed by atoms with E-state index in [1.165, 1.54) is 11.3 Å². The van der Waals surface area contributed by atoms with Crippen LogP contribution in [-0.2, 0) is 0 Å². The molecular formula is C21H22N6S. The van der Waals surface area contributed by atoms with Crippen molar-refractivity contribution < 1.29 is 0 Å². The number of piperidine rings is 1. The molecule has 28 heavy (non-hydrogen) atoms. The molecule has 0 radical (unpaired) electrons. The molecule has 7 heteroatoms. The number of hydrogen-bond donors (Lipinski definition) is 1. The van der Waals surface area contributed by atoms with E-state index in [-0.39, 0.29) is 0 Å². The molecule has 4 aromatic rings. The van der Waals surface area contributed by atoms with Crippen molar-refractivity contribution in [1.29, 1.82) is 0 Å². The zero-order valence-electron chi connectivity index (χ0n) is 15.7. The van der Waals surface area contributed by atoms with Crippen LogP contribution in [0.3, 0.4) is 0 Å². The summed E-state index contributed by atoms with van der Waals surface area (Å²) in [4.78, 5) is 2.35. The van der Waals surface area contributed by atoms with Crippen molar-refractivity contribution in [3.8, 4) is 11.4 Å². The van der Waals surface area contributed by atoms with Gasteiger partial charge in [-0.05, 0) is 61.0 Å². The lowest BCUT2D eigenvalue weighted by atomic mass is 10.0. The lowest BCUT2D eigenvalue weighted by Gasteiger charge is -2.33. The van der Waals surface area contributed by atoms with Gasteiger partial charge in [0.15, 0.2) is 11.5 Å². The maximum atomic E-state index is 4.84. The van der Waals surface area contributed by atoms with Crippen LogP contribution in [-0.4, -0.2) is 38.9 Å². The van der Waals surface area contributed by atoms with E-state index in [4.69, 9.17) is 5.10 Å². The first-order chi connectivity index (χ1) is 13.8. The fourth-order valence-electron chi connectivity index (χ4n) is 3.74. The van der Waals surface area contributed by atoms with E-state index in [2.05, 4.69) is 69.1 Å². The molecule has 1 fully saturated rings. The predicted octanol–water partition coefficient (Wildman–Crippen LogP) is 4.24. The van der Waals surface area contributed by atoms with Crippen molar-refractivity contribution in [2.45, 2.75) is 25.8 Å². The number of fused-ring (bicyclic) bond motifs is 1. The number of anilines is 2. The summed E-state index contributed by atoms with van der Waals surface area (Å²) in [7, 11) is 0. The summed E-state index contributed by atoms with van der Waals surface area (Å²) >= 11 is 1.65. The predicted molar refractivity (Wildman–Crippen MR) is 114 cm³/mol. The number of thiophene rings is 1. The Kier molecular flexibility index (Phi) is 4.44. The van der Waals surface area contributed by atoms with Crippen LogP contribution in [0.1, 0.15) is 18.4 Å². The van der Waals surface area contributed by atoms with Gasteiger partial charge in [0.2, 0.25) is 0 Å². The van der Waals surface area contributed by atoms with Crippen molar-refractivity contribution in [1.82, 2.24) is 19.8 Å². The molecule has 1 saturated heterocycles. The van der Waals surface area contributed by atoms with Gasteiger partial charge in [0, 0.05) is 35.8 Å². The highest BCUT2D eigenvalue weighted by Crippen LogP contribution is 2.24. The second kappa shape index (κ2) is 7.24. The van der Waals surface area contributed by atoms with Gasteiger partial charge in [-0.1, -0.05) is 12.1 Å². The summed E-state index contributed by atoms with van der Waals surface area (Å²) in [6.45, 7) is 4.10. The van der Waals surface area contributed by atoms with Gasteiger partial charge in [0.05, 0.1) is 0 Å². The quantitative estimate of drug-likeness (QED) is 0.565. The molecule has 0 aliphatic carbocycles. The van der Waals surface area contributed by atoms with E-state index in [1.807, 2.05) is 16.0 Å². The maximum Gasteiger partial charge on any atom is 0.186 e. The molecule has 0 bridgehead atoms. The standard InChI is InChI=1S/C21H22N6S/c1-15-3-2-4-18(13-15)22-17-7-10-26(11-8-17)20-6-5-19-23-24-21(27(19)25-20)16-9-12-28-14-16/h2-6,9,12-14,17,22H,7-8,10-11H2,1H3. The molecule has 0 unspecified atom stereocenters. The average molecular weight is 391 g/mol. The van der Waals surface area contributed by atoms with Crippen LogP contribution in [0, 0.1) is 6.92 Å². The molecule has 1 aromatic carbocycles. The molecule has 0 spiro atoms. The minimum atomic E-state index is 0.498. The van der Waals surface area contributed by atoms with Crippen molar-refractivity contribution in [2.24, 2.45) is 0 Å². The van der Waals surface area contributed by atoms with E-state index in [0.29, 0.717) is 6.04 Å². The molecule has 1 aliphatic heterocycles. The number of benzene rings is 1. The molecule has 0 atom stereocenters. The highest BCUT2D eigenvalue weighted by Gasteiger charge is 2.21. The summed E-state index contributed by atoms with van der Waals surface area (Å²) in [5.41, 5.74) is 4.34. The highest BCUT2D eigenvalue weighted by atomic mass is 32.1. The van der Waals surface area contributed by atoms with Gasteiger partial charge in [-0.25, -0.2) is 0 Å². The van der Waals surface area contributed by atoms with Gasteiger partial charge in [0.1, 0.15) is 5.82 Å². The molecule has 4 heterocycles. The number of hydrogen-bond acceptors (Lipinski definition) is 6. The van der Waals surface area contributed by atoms with Gasteiger partial charge < -0.3 is 10.2 Å². The van der Waals surface area contributed by atoms with E-state index in [9.17, 15) is 0 Å². The minimum Gasteiger partial charge on any atom is -0.382 e. The zero-order valence-corrected chi connectivity index (χ0v) is 16.6. The van der Waals surface area contributed by atoms with Gasteiger partial charge in [-0.15, -0.1) is 15.3 Å². The number of rotatable bonds is 4. The fourth-order valence-corrected chi connectivity index (χ4v) is 4.38. The summed E-state index contributed by atoms with van der Waals surface area (Å²) in [6, 6.07) is 15.2. The monoisotopic (exact) mass is 390 g/mol. The lowest BCUT2D eigenvalue weighted by molar-refractivity contribution is 0.521. The third-order valence-corrected chi connectivity index (χ3v) is 5.92. The molecule has 5 rings (SSSR count). The van der Waals surface area contributed by atoms with Crippen molar-refractivity contribution in [2.75, 3.05) is 23.3 Å². The van der Waals surface area contributed by atoms with E-state index in [0.717, 1.165) is 48.8 Å². The van der Waals surface area contributed by atoms with E-state index < -0.39 is 0 Å². The Hall–Kier alpha value is -2.93. The Balaban J connectivity index is 1.31. The topological polar surface area (TPSA) is 58.3 Å². The molecule has 0 amide bonds. The van der Waals surface area contributed by atoms with Crippen LogP contribution in [0.4, 0.5) is 11.5 Å². The summed E-state index contributed by atoms with van der Waals surface area (Å²) < 4.78 is 1.86. The number of nitrogens with one attached hydrogen (secondary N) is 1. The van der Waals surface area contributed by atoms with Crippen molar-refractivity contribution in [3.05, 3.63) is 58.8 Å². The smallest absolute Gasteiger partial charge is 0.186 e. The lowest BCUT2D eigenvalue weighted by Crippen LogP contribution is -2.39. The fraction of sp³-hybridized carbons (Fsp3) is 0.286. The first-order valence-corrected chi connectivity index (χ1v) is 10.5. The van der Waals surface area contributed by atoms with E-state index in [1.54, 1.807) is 11.3 Å². The molecule has 1 aliphatic rings. The molecule has 1 N–H and O–H groups in total. The molecule has 142 valence electrons. The van der Waals surface area contributed by atoms with Crippen molar-refractivity contribution in [3.63, 3.8) is 0 Å². The second-order valence-electron chi connectivity index (χ2n) is 7.27. The maximum absolute atomic E-state index is 4.84. The Morgan fingerprint density at radius 3 is 2.75 bits per heavy atom. The van der Waals surface area contributed by atoms with Crippen LogP contribution >= 0.6 is 11.3 Å². The largest absolute Gasteiger partial charge is 0.382 e. The van der Waals surface area contributed by atoms with Gasteiger partial charge in [0.25, 0.3) is 0 Å². The first kappa shape index (κ1) is 17.2. The molecule has 3 aromatic heterocycles. The molecular weight excluding hydrogens is 368 g/mol. The van der Waals surface area contributed by atoms with Crippen molar-refractivity contribution >= 4 is 28.5 Å². The summed E-state index contributed by atoms with van der Waals surface area (Å²) in [5.74, 6) is 1.78. The van der Waals surface area contributed by atoms with Crippen LogP contribution in [0.5, 0.6) is 0 Å². The number of nitrogens with zero attached hydrogens (tertiary/aromatic N) is 5. The molecule has 0 saturated carbocycles. The average Bonchev–Trinajstić information content (AvgIpc) is 3.37. The Morgan fingerprint density at radius 2 is 1.96 bits per heavy atom. The highest BCUT2D eigenvalue weighted by molar-refractivity contribution is 7.08. The number of aryl methyl sites for hydroxylation is 1.